The van der Waals surface area contributed by atoms with E-state index in [0.717, 1.165) is 23.9 Å². The third-order valence-corrected chi connectivity index (χ3v) is 4.87. The van der Waals surface area contributed by atoms with Crippen molar-refractivity contribution < 1.29 is 14.4 Å². The van der Waals surface area contributed by atoms with Crippen LogP contribution < -0.4 is 16.4 Å². The molecule has 0 radical (unpaired) electrons. The molecule has 0 saturated heterocycles. The average Bonchev–Trinajstić information content (AvgIpc) is 3.04. The minimum atomic E-state index is -0.889. The number of nitrogens with one attached hydrogen (secondary N) is 2. The van der Waals surface area contributed by atoms with E-state index in [0.29, 0.717) is 18.4 Å². The van der Waals surface area contributed by atoms with Crippen LogP contribution >= 0.6 is 0 Å². The number of primary amides is 1. The van der Waals surface area contributed by atoms with Gasteiger partial charge in [0, 0.05) is 18.4 Å². The van der Waals surface area contributed by atoms with Crippen LogP contribution in [0.5, 0.6) is 0 Å². The number of nitrogens with two attached hydrogens (primary N) is 1. The Labute approximate surface area is 182 Å². The molecular formula is C22H30N6O3. The van der Waals surface area contributed by atoms with Crippen LogP contribution in [0, 0.1) is 23.7 Å². The van der Waals surface area contributed by atoms with Crippen molar-refractivity contribution in [1.82, 2.24) is 20.4 Å². The van der Waals surface area contributed by atoms with E-state index in [1.54, 1.807) is 4.68 Å². The quantitative estimate of drug-likeness (QED) is 0.524. The molecule has 2 aromatic rings. The standard InChI is InChI=1S/C22H30N6O3/c1-14-8-9-16-15(12-14)18(27-28(16)11-7-5-6-10-23)20(30)26-19(22(2,3)4)21(31)25-13-17(24)29/h8-9,12,19H,5-7,11,13H2,1-4H3,(H2,24,29)(H,25,31)(H,26,30)/t19-/m1/s1. The molecule has 4 N–H and O–H groups in total. The molecule has 1 aromatic heterocycles. The van der Waals surface area contributed by atoms with Gasteiger partial charge in [-0.1, -0.05) is 32.4 Å². The molecule has 0 fully saturated rings. The summed E-state index contributed by atoms with van der Waals surface area (Å²) in [4.78, 5) is 36.8. The van der Waals surface area contributed by atoms with Gasteiger partial charge in [-0.3, -0.25) is 19.1 Å². The second-order valence-corrected chi connectivity index (χ2v) is 8.66. The van der Waals surface area contributed by atoms with Crippen LogP contribution in [0.1, 0.15) is 56.1 Å². The lowest BCUT2D eigenvalue weighted by molar-refractivity contribution is -0.128. The highest BCUT2D eigenvalue weighted by Gasteiger charge is 2.34. The minimum Gasteiger partial charge on any atom is -0.368 e. The molecule has 1 aromatic carbocycles. The minimum absolute atomic E-state index is 0.232. The first-order valence-electron chi connectivity index (χ1n) is 10.3. The molecule has 0 spiro atoms. The number of rotatable bonds is 9. The van der Waals surface area contributed by atoms with E-state index in [2.05, 4.69) is 21.8 Å². The Bertz CT molecular complexity index is 1010. The van der Waals surface area contributed by atoms with Gasteiger partial charge in [-0.15, -0.1) is 0 Å². The molecule has 0 saturated carbocycles. The van der Waals surface area contributed by atoms with E-state index < -0.39 is 29.2 Å². The van der Waals surface area contributed by atoms with Gasteiger partial charge in [0.2, 0.25) is 11.8 Å². The van der Waals surface area contributed by atoms with Crippen LogP contribution in [0.3, 0.4) is 0 Å². The average molecular weight is 427 g/mol. The Hall–Kier alpha value is -3.41. The van der Waals surface area contributed by atoms with Crippen LogP contribution in [-0.2, 0) is 16.1 Å². The van der Waals surface area contributed by atoms with Crippen LogP contribution in [0.15, 0.2) is 18.2 Å². The number of aryl methyl sites for hydroxylation is 2. The maximum atomic E-state index is 13.2. The monoisotopic (exact) mass is 426 g/mol. The SMILES string of the molecule is Cc1ccc2c(c1)c(C(=O)N[C@H](C(=O)NCC(N)=O)C(C)(C)C)nn2CCCCC#N. The van der Waals surface area contributed by atoms with E-state index in [1.165, 1.54) is 0 Å². The smallest absolute Gasteiger partial charge is 0.273 e. The van der Waals surface area contributed by atoms with Gasteiger partial charge >= 0.3 is 0 Å². The molecule has 0 aliphatic rings. The van der Waals surface area contributed by atoms with Gasteiger partial charge in [0.1, 0.15) is 6.04 Å². The molecule has 9 nitrogen and oxygen atoms in total. The highest BCUT2D eigenvalue weighted by atomic mass is 16.2. The first-order chi connectivity index (χ1) is 14.5. The van der Waals surface area contributed by atoms with E-state index in [4.69, 9.17) is 11.0 Å². The lowest BCUT2D eigenvalue weighted by atomic mass is 9.86. The second-order valence-electron chi connectivity index (χ2n) is 8.66. The molecule has 0 unspecified atom stereocenters. The summed E-state index contributed by atoms with van der Waals surface area (Å²) < 4.78 is 1.76. The summed E-state index contributed by atoms with van der Waals surface area (Å²) in [7, 11) is 0. The maximum absolute atomic E-state index is 13.2. The summed E-state index contributed by atoms with van der Waals surface area (Å²) in [6.45, 7) is 7.66. The van der Waals surface area contributed by atoms with Crippen molar-refractivity contribution >= 4 is 28.6 Å². The number of carbonyl (C=O) groups is 3. The molecule has 166 valence electrons. The summed E-state index contributed by atoms with van der Waals surface area (Å²) in [5.41, 5.74) is 6.53. The van der Waals surface area contributed by atoms with Crippen LogP contribution in [0.4, 0.5) is 0 Å². The fourth-order valence-corrected chi connectivity index (χ4v) is 3.25. The van der Waals surface area contributed by atoms with Gasteiger partial charge in [0.15, 0.2) is 5.69 Å². The maximum Gasteiger partial charge on any atom is 0.273 e. The third-order valence-electron chi connectivity index (χ3n) is 4.87. The van der Waals surface area contributed by atoms with Gasteiger partial charge in [0.05, 0.1) is 18.1 Å². The Balaban J connectivity index is 2.32. The van der Waals surface area contributed by atoms with E-state index >= 15 is 0 Å². The normalized spacial score (nSPS) is 12.2. The number of hydrogen-bond acceptors (Lipinski definition) is 5. The Kier molecular flexibility index (Phi) is 7.75. The van der Waals surface area contributed by atoms with E-state index in [9.17, 15) is 14.4 Å². The summed E-state index contributed by atoms with van der Waals surface area (Å²) in [5.74, 6) is -1.62. The number of aromatic nitrogens is 2. The van der Waals surface area contributed by atoms with Crippen molar-refractivity contribution in [3.63, 3.8) is 0 Å². The Morgan fingerprint density at radius 3 is 2.58 bits per heavy atom. The summed E-state index contributed by atoms with van der Waals surface area (Å²) in [5, 5.41) is 19.2. The lowest BCUT2D eigenvalue weighted by Gasteiger charge is -2.30. The lowest BCUT2D eigenvalue weighted by Crippen LogP contribution is -2.54. The molecule has 9 heteroatoms. The number of fused-ring (bicyclic) bond motifs is 1. The van der Waals surface area contributed by atoms with Gasteiger partial charge in [-0.25, -0.2) is 0 Å². The zero-order chi connectivity index (χ0) is 23.2. The molecule has 3 amide bonds. The molecular weight excluding hydrogens is 396 g/mol. The zero-order valence-electron chi connectivity index (χ0n) is 18.5. The molecule has 1 heterocycles. The molecule has 31 heavy (non-hydrogen) atoms. The number of nitrogens with zero attached hydrogens (tertiary/aromatic N) is 3. The third kappa shape index (κ3) is 6.28. The Morgan fingerprint density at radius 2 is 1.97 bits per heavy atom. The number of benzene rings is 1. The van der Waals surface area contributed by atoms with Crippen molar-refractivity contribution in [1.29, 1.82) is 5.26 Å². The molecule has 0 aliphatic carbocycles. The number of carbonyl (C=O) groups excluding carboxylic acids is 3. The van der Waals surface area contributed by atoms with Crippen molar-refractivity contribution in [2.45, 2.75) is 59.5 Å². The number of nitriles is 1. The van der Waals surface area contributed by atoms with Gasteiger partial charge in [0.25, 0.3) is 5.91 Å². The van der Waals surface area contributed by atoms with Gasteiger partial charge < -0.3 is 16.4 Å². The highest BCUT2D eigenvalue weighted by Crippen LogP contribution is 2.23. The molecule has 1 atom stereocenters. The first kappa shape index (κ1) is 23.9. The molecule has 0 aliphatic heterocycles. The summed E-state index contributed by atoms with van der Waals surface area (Å²) >= 11 is 0. The molecule has 0 bridgehead atoms. The van der Waals surface area contributed by atoms with Crippen molar-refractivity contribution in [3.05, 3.63) is 29.5 Å². The summed E-state index contributed by atoms with van der Waals surface area (Å²) in [6.07, 6.45) is 1.98. The Morgan fingerprint density at radius 1 is 1.26 bits per heavy atom. The highest BCUT2D eigenvalue weighted by molar-refractivity contribution is 6.06. The summed E-state index contributed by atoms with van der Waals surface area (Å²) in [6, 6.07) is 6.99. The first-order valence-corrected chi connectivity index (χ1v) is 10.3. The van der Waals surface area contributed by atoms with Crippen LogP contribution in [-0.4, -0.2) is 40.1 Å². The van der Waals surface area contributed by atoms with Gasteiger partial charge in [-0.05, 0) is 37.3 Å². The number of hydrogen-bond donors (Lipinski definition) is 3. The van der Waals surface area contributed by atoms with Crippen molar-refractivity contribution in [2.75, 3.05) is 6.54 Å². The van der Waals surface area contributed by atoms with Gasteiger partial charge in [-0.2, -0.15) is 10.4 Å². The van der Waals surface area contributed by atoms with E-state index in [-0.39, 0.29) is 12.2 Å². The van der Waals surface area contributed by atoms with Crippen molar-refractivity contribution in [3.8, 4) is 6.07 Å². The van der Waals surface area contributed by atoms with Crippen molar-refractivity contribution in [2.24, 2.45) is 11.1 Å². The zero-order valence-corrected chi connectivity index (χ0v) is 18.5. The second kappa shape index (κ2) is 10.1. The van der Waals surface area contributed by atoms with Crippen LogP contribution in [0.2, 0.25) is 0 Å². The largest absolute Gasteiger partial charge is 0.368 e. The predicted molar refractivity (Wildman–Crippen MR) is 117 cm³/mol. The van der Waals surface area contributed by atoms with E-state index in [1.807, 2.05) is 45.9 Å². The van der Waals surface area contributed by atoms with Crippen LogP contribution in [0.25, 0.3) is 10.9 Å². The molecule has 2 rings (SSSR count). The fraction of sp³-hybridized carbons (Fsp3) is 0.500. The fourth-order valence-electron chi connectivity index (χ4n) is 3.25. The number of unbranched alkanes of at least 4 members (excludes halogenated alkanes) is 2. The number of amides is 3. The topological polar surface area (TPSA) is 143 Å². The predicted octanol–water partition coefficient (Wildman–Crippen LogP) is 1.78.